The lowest BCUT2D eigenvalue weighted by molar-refractivity contribution is 0.138. The number of rotatable bonds is 8. The molecule has 1 aromatic heterocycles. The monoisotopic (exact) mass is 336 g/mol. The van der Waals surface area contributed by atoms with Crippen LogP contribution in [0.1, 0.15) is 44.7 Å². The van der Waals surface area contributed by atoms with Crippen molar-refractivity contribution in [3.8, 4) is 0 Å². The van der Waals surface area contributed by atoms with Gasteiger partial charge < -0.3 is 15.4 Å². The van der Waals surface area contributed by atoms with Crippen molar-refractivity contribution >= 4 is 5.96 Å². The van der Waals surface area contributed by atoms with Gasteiger partial charge in [-0.05, 0) is 43.7 Å². The maximum atomic E-state index is 13.7. The van der Waals surface area contributed by atoms with Gasteiger partial charge in [0.15, 0.2) is 5.96 Å². The molecule has 2 N–H and O–H groups in total. The Morgan fingerprint density at radius 2 is 2.17 bits per heavy atom. The summed E-state index contributed by atoms with van der Waals surface area (Å²) in [5.41, 5.74) is 0.646. The fourth-order valence-electron chi connectivity index (χ4n) is 3.26. The maximum Gasteiger partial charge on any atom is 0.191 e. The van der Waals surface area contributed by atoms with Crippen molar-refractivity contribution in [2.24, 2.45) is 10.4 Å². The minimum Gasteiger partial charge on any atom is -0.385 e. The van der Waals surface area contributed by atoms with Gasteiger partial charge in [0.2, 0.25) is 0 Å². The van der Waals surface area contributed by atoms with Crippen molar-refractivity contribution in [3.63, 3.8) is 0 Å². The smallest absolute Gasteiger partial charge is 0.191 e. The van der Waals surface area contributed by atoms with E-state index in [1.807, 2.05) is 6.92 Å². The minimum absolute atomic E-state index is 0.229. The predicted octanol–water partition coefficient (Wildman–Crippen LogP) is 2.87. The highest BCUT2D eigenvalue weighted by Gasteiger charge is 2.33. The van der Waals surface area contributed by atoms with Crippen molar-refractivity contribution < 1.29 is 9.13 Å². The number of nitrogens with one attached hydrogen (secondary N) is 2. The topological polar surface area (TPSA) is 58.5 Å². The van der Waals surface area contributed by atoms with Crippen LogP contribution in [0.2, 0.25) is 0 Å². The molecule has 1 fully saturated rings. The van der Waals surface area contributed by atoms with E-state index in [4.69, 9.17) is 4.74 Å². The third-order valence-electron chi connectivity index (χ3n) is 4.70. The summed E-state index contributed by atoms with van der Waals surface area (Å²) in [6.45, 7) is 4.67. The molecule has 24 heavy (non-hydrogen) atoms. The molecule has 1 aliphatic rings. The molecule has 5 nitrogen and oxygen atoms in total. The van der Waals surface area contributed by atoms with Crippen LogP contribution in [0, 0.1) is 11.2 Å². The van der Waals surface area contributed by atoms with Crippen LogP contribution in [0.15, 0.2) is 23.3 Å². The van der Waals surface area contributed by atoms with E-state index in [0.717, 1.165) is 26.1 Å². The lowest BCUT2D eigenvalue weighted by atomic mass is 9.83. The number of methoxy groups -OCH3 is 1. The lowest BCUT2D eigenvalue weighted by Crippen LogP contribution is -2.43. The van der Waals surface area contributed by atoms with Gasteiger partial charge in [0, 0.05) is 33.0 Å². The quantitative estimate of drug-likeness (QED) is 0.566. The van der Waals surface area contributed by atoms with E-state index >= 15 is 0 Å². The van der Waals surface area contributed by atoms with Gasteiger partial charge in [0.25, 0.3) is 0 Å². The zero-order chi connectivity index (χ0) is 17.3. The molecule has 0 aromatic carbocycles. The van der Waals surface area contributed by atoms with Crippen molar-refractivity contribution in [1.82, 2.24) is 15.6 Å². The molecule has 1 saturated carbocycles. The maximum absolute atomic E-state index is 13.7. The van der Waals surface area contributed by atoms with E-state index < -0.39 is 0 Å². The van der Waals surface area contributed by atoms with Crippen LogP contribution in [0.5, 0.6) is 0 Å². The molecule has 6 heteroatoms. The first-order valence-corrected chi connectivity index (χ1v) is 8.79. The van der Waals surface area contributed by atoms with E-state index in [1.54, 1.807) is 19.4 Å². The van der Waals surface area contributed by atoms with Crippen LogP contribution in [-0.4, -0.2) is 37.7 Å². The number of hydrogen-bond acceptors (Lipinski definition) is 3. The van der Waals surface area contributed by atoms with Crippen LogP contribution in [0.25, 0.3) is 0 Å². The van der Waals surface area contributed by atoms with Gasteiger partial charge in [-0.3, -0.25) is 4.98 Å². The predicted molar refractivity (Wildman–Crippen MR) is 94.4 cm³/mol. The molecule has 0 aliphatic heterocycles. The Bertz CT molecular complexity index is 530. The van der Waals surface area contributed by atoms with Gasteiger partial charge in [-0.1, -0.05) is 12.8 Å². The van der Waals surface area contributed by atoms with E-state index in [0.29, 0.717) is 11.7 Å². The molecule has 0 spiro atoms. The second kappa shape index (κ2) is 9.57. The average Bonchev–Trinajstić information content (AvgIpc) is 3.06. The Morgan fingerprint density at radius 3 is 2.83 bits per heavy atom. The van der Waals surface area contributed by atoms with Crippen LogP contribution in [0.4, 0.5) is 4.39 Å². The fraction of sp³-hybridized carbons (Fsp3) is 0.667. The molecule has 0 atom stereocenters. The first-order chi connectivity index (χ1) is 11.7. The van der Waals surface area contributed by atoms with Crippen LogP contribution >= 0.6 is 0 Å². The number of aliphatic imine (C=N–C) groups is 1. The molecule has 2 rings (SSSR count). The highest BCUT2D eigenvalue weighted by molar-refractivity contribution is 5.79. The number of halogens is 1. The zero-order valence-corrected chi connectivity index (χ0v) is 14.8. The van der Waals surface area contributed by atoms with Crippen LogP contribution in [0.3, 0.4) is 0 Å². The zero-order valence-electron chi connectivity index (χ0n) is 14.8. The Balaban J connectivity index is 1.96. The number of hydrogen-bond donors (Lipinski definition) is 2. The molecule has 1 aliphatic carbocycles. The summed E-state index contributed by atoms with van der Waals surface area (Å²) in [7, 11) is 1.75. The normalized spacial score (nSPS) is 17.0. The average molecular weight is 336 g/mol. The lowest BCUT2D eigenvalue weighted by Gasteiger charge is -2.30. The second-order valence-electron chi connectivity index (χ2n) is 6.43. The van der Waals surface area contributed by atoms with Gasteiger partial charge in [-0.25, -0.2) is 9.38 Å². The Hall–Kier alpha value is -1.69. The van der Waals surface area contributed by atoms with E-state index in [2.05, 4.69) is 20.6 Å². The molecule has 1 heterocycles. The van der Waals surface area contributed by atoms with Gasteiger partial charge >= 0.3 is 0 Å². The van der Waals surface area contributed by atoms with Gasteiger partial charge in [0.1, 0.15) is 5.82 Å². The molecular weight excluding hydrogens is 307 g/mol. The number of nitrogens with zero attached hydrogens (tertiary/aromatic N) is 2. The molecule has 0 radical (unpaired) electrons. The van der Waals surface area contributed by atoms with Gasteiger partial charge in [0.05, 0.1) is 12.2 Å². The molecular formula is C18H29FN4O. The summed E-state index contributed by atoms with van der Waals surface area (Å²) in [6.07, 6.45) is 7.64. The standard InChI is InChI=1S/C18H29FN4O/c1-3-20-17(22-13-16-15(19)7-6-11-21-16)23-14-18(10-12-24-2)8-4-5-9-18/h6-7,11H,3-5,8-10,12-14H2,1-2H3,(H2,20,22,23). The third-order valence-corrected chi connectivity index (χ3v) is 4.70. The van der Waals surface area contributed by atoms with Crippen molar-refractivity contribution in [2.75, 3.05) is 26.8 Å². The molecule has 0 amide bonds. The van der Waals surface area contributed by atoms with E-state index in [1.165, 1.54) is 31.7 Å². The summed E-state index contributed by atoms with van der Waals surface area (Å²) < 4.78 is 18.9. The SMILES string of the molecule is CCNC(=NCc1ncccc1F)NCC1(CCOC)CCCC1. The highest BCUT2D eigenvalue weighted by atomic mass is 19.1. The second-order valence-corrected chi connectivity index (χ2v) is 6.43. The van der Waals surface area contributed by atoms with Gasteiger partial charge in [-0.2, -0.15) is 0 Å². The Morgan fingerprint density at radius 1 is 1.38 bits per heavy atom. The Kier molecular flexibility index (Phi) is 7.43. The summed E-state index contributed by atoms with van der Waals surface area (Å²) >= 11 is 0. The largest absolute Gasteiger partial charge is 0.385 e. The molecule has 1 aromatic rings. The number of ether oxygens (including phenoxy) is 1. The van der Waals surface area contributed by atoms with Crippen molar-refractivity contribution in [3.05, 3.63) is 29.8 Å². The summed E-state index contributed by atoms with van der Waals surface area (Å²) in [6, 6.07) is 3.00. The van der Waals surface area contributed by atoms with Crippen LogP contribution < -0.4 is 10.6 Å². The first kappa shape index (κ1) is 18.6. The van der Waals surface area contributed by atoms with Crippen molar-refractivity contribution in [1.29, 1.82) is 0 Å². The first-order valence-electron chi connectivity index (χ1n) is 8.79. The number of aromatic nitrogens is 1. The number of pyridine rings is 1. The molecule has 0 saturated heterocycles. The summed E-state index contributed by atoms with van der Waals surface area (Å²) in [5.74, 6) is 0.399. The highest BCUT2D eigenvalue weighted by Crippen LogP contribution is 2.40. The molecule has 0 unspecified atom stereocenters. The molecule has 134 valence electrons. The summed E-state index contributed by atoms with van der Waals surface area (Å²) in [5, 5.41) is 6.66. The van der Waals surface area contributed by atoms with Gasteiger partial charge in [-0.15, -0.1) is 0 Å². The minimum atomic E-state index is -0.315. The number of guanidine groups is 1. The Labute approximate surface area is 144 Å². The van der Waals surface area contributed by atoms with Crippen LogP contribution in [-0.2, 0) is 11.3 Å². The third kappa shape index (κ3) is 5.44. The fourth-order valence-corrected chi connectivity index (χ4v) is 3.26. The van der Waals surface area contributed by atoms with E-state index in [-0.39, 0.29) is 17.8 Å². The molecule has 0 bridgehead atoms. The van der Waals surface area contributed by atoms with E-state index in [9.17, 15) is 4.39 Å². The summed E-state index contributed by atoms with van der Waals surface area (Å²) in [4.78, 5) is 8.53. The van der Waals surface area contributed by atoms with Crippen molar-refractivity contribution in [2.45, 2.75) is 45.6 Å².